The lowest BCUT2D eigenvalue weighted by atomic mass is 9.76. The number of tetrazole rings is 1. The molecule has 1 aliphatic heterocycles. The van der Waals surface area contributed by atoms with Crippen LogP contribution in [0.1, 0.15) is 86.1 Å². The van der Waals surface area contributed by atoms with E-state index in [1.807, 2.05) is 0 Å². The van der Waals surface area contributed by atoms with Crippen molar-refractivity contribution in [2.45, 2.75) is 95.0 Å². The Labute approximate surface area is 286 Å². The highest BCUT2D eigenvalue weighted by Gasteiger charge is 2.45. The first-order valence-electron chi connectivity index (χ1n) is 16.2. The first-order valence-corrected chi connectivity index (χ1v) is 16.2. The zero-order valence-electron chi connectivity index (χ0n) is 27.4. The molecular weight excluding hydrogens is 701 g/mol. The van der Waals surface area contributed by atoms with Crippen LogP contribution in [0.2, 0.25) is 0 Å². The molecule has 3 atom stereocenters. The number of amides is 1. The van der Waals surface area contributed by atoms with Gasteiger partial charge >= 0.3 is 24.7 Å². The van der Waals surface area contributed by atoms with Crippen molar-refractivity contribution < 1.29 is 63.6 Å². The van der Waals surface area contributed by atoms with Gasteiger partial charge in [0.25, 0.3) is 0 Å². The molecule has 0 spiro atoms. The number of anilines is 1. The van der Waals surface area contributed by atoms with Crippen LogP contribution in [0.4, 0.5) is 45.2 Å². The van der Waals surface area contributed by atoms with Gasteiger partial charge in [0.05, 0.1) is 18.2 Å². The van der Waals surface area contributed by atoms with E-state index in [2.05, 4.69) is 15.2 Å². The SMILES string of the molecule is CC[C@@H]1C[C@H](C(Cc2cc(C(F)(F)F)cc(C(F)(F)F)c2)n2c[n+](C)nn2)c2cc(OC(F)(F)F)ccc2N1C(=O)C1CCC(CC(=O)O)CC1. The molecule has 1 unspecified atom stereocenters. The predicted octanol–water partition coefficient (Wildman–Crippen LogP) is 7.40. The number of hydrogen-bond acceptors (Lipinski definition) is 5. The molecule has 2 aliphatic rings. The summed E-state index contributed by atoms with van der Waals surface area (Å²) in [6.07, 6.45) is -12.3. The van der Waals surface area contributed by atoms with Crippen LogP contribution in [-0.4, -0.2) is 44.5 Å². The number of carbonyl (C=O) groups excluding carboxylic acids is 1. The number of fused-ring (bicyclic) bond motifs is 1. The highest BCUT2D eigenvalue weighted by atomic mass is 19.4. The minimum Gasteiger partial charge on any atom is -0.481 e. The van der Waals surface area contributed by atoms with Crippen LogP contribution in [0.15, 0.2) is 42.7 Å². The summed E-state index contributed by atoms with van der Waals surface area (Å²) in [6, 6.07) is 2.97. The molecule has 1 aliphatic carbocycles. The quantitative estimate of drug-likeness (QED) is 0.182. The van der Waals surface area contributed by atoms with Gasteiger partial charge < -0.3 is 14.7 Å². The third kappa shape index (κ3) is 8.92. The first kappa shape index (κ1) is 37.9. The van der Waals surface area contributed by atoms with E-state index in [0.29, 0.717) is 44.2 Å². The summed E-state index contributed by atoms with van der Waals surface area (Å²) in [5.41, 5.74) is -3.03. The van der Waals surface area contributed by atoms with E-state index in [4.69, 9.17) is 0 Å². The number of carboxylic acids is 1. The predicted molar refractivity (Wildman–Crippen MR) is 160 cm³/mol. The van der Waals surface area contributed by atoms with Gasteiger partial charge in [-0.3, -0.25) is 9.59 Å². The van der Waals surface area contributed by atoms with Crippen molar-refractivity contribution in [2.24, 2.45) is 18.9 Å². The van der Waals surface area contributed by atoms with Crippen LogP contribution in [0.5, 0.6) is 5.75 Å². The first-order chi connectivity index (χ1) is 23.7. The van der Waals surface area contributed by atoms with E-state index in [0.717, 1.165) is 12.1 Å². The number of aromatic nitrogens is 4. The third-order valence-corrected chi connectivity index (χ3v) is 9.62. The van der Waals surface area contributed by atoms with E-state index in [1.165, 1.54) is 33.7 Å². The van der Waals surface area contributed by atoms with Gasteiger partial charge in [-0.25, -0.2) is 0 Å². The number of rotatable bonds is 9. The van der Waals surface area contributed by atoms with E-state index >= 15 is 0 Å². The molecule has 1 fully saturated rings. The smallest absolute Gasteiger partial charge is 0.481 e. The van der Waals surface area contributed by atoms with Gasteiger partial charge in [0.15, 0.2) is 5.21 Å². The summed E-state index contributed by atoms with van der Waals surface area (Å²) in [5, 5.41) is 17.1. The molecule has 1 saturated carbocycles. The summed E-state index contributed by atoms with van der Waals surface area (Å²) < 4.78 is 130. The molecule has 3 aromatic rings. The second-order valence-corrected chi connectivity index (χ2v) is 13.1. The van der Waals surface area contributed by atoms with Crippen molar-refractivity contribution in [2.75, 3.05) is 4.90 Å². The van der Waals surface area contributed by atoms with E-state index in [9.17, 15) is 54.2 Å². The number of alkyl halides is 9. The molecular formula is C33H35F9N5O4+. The normalized spacial score (nSPS) is 22.0. The lowest BCUT2D eigenvalue weighted by Gasteiger charge is -2.44. The van der Waals surface area contributed by atoms with Gasteiger partial charge in [-0.2, -0.15) is 26.3 Å². The van der Waals surface area contributed by atoms with Crippen LogP contribution < -0.4 is 14.3 Å². The summed E-state index contributed by atoms with van der Waals surface area (Å²) in [6.45, 7) is 1.78. The lowest BCUT2D eigenvalue weighted by molar-refractivity contribution is -0.731. The lowest BCUT2D eigenvalue weighted by Crippen LogP contribution is -2.49. The van der Waals surface area contributed by atoms with E-state index < -0.39 is 71.9 Å². The van der Waals surface area contributed by atoms with Crippen LogP contribution in [0.3, 0.4) is 0 Å². The number of carboxylic acid groups (broad SMARTS) is 1. The zero-order valence-corrected chi connectivity index (χ0v) is 27.4. The average Bonchev–Trinajstić information content (AvgIpc) is 3.46. The van der Waals surface area contributed by atoms with Gasteiger partial charge in [-0.1, -0.05) is 11.6 Å². The Hall–Kier alpha value is -4.38. The summed E-state index contributed by atoms with van der Waals surface area (Å²) in [7, 11) is 1.48. The van der Waals surface area contributed by atoms with Crippen molar-refractivity contribution in [1.82, 2.24) is 15.1 Å². The molecule has 0 saturated heterocycles. The van der Waals surface area contributed by atoms with E-state index in [1.54, 1.807) is 6.92 Å². The van der Waals surface area contributed by atoms with Gasteiger partial charge in [0.2, 0.25) is 12.2 Å². The van der Waals surface area contributed by atoms with Crippen molar-refractivity contribution in [3.8, 4) is 5.75 Å². The number of aryl methyl sites for hydroxylation is 1. The highest BCUT2D eigenvalue weighted by Crippen LogP contribution is 2.49. The Morgan fingerprint density at radius 2 is 1.59 bits per heavy atom. The molecule has 1 aromatic heterocycles. The molecule has 1 amide bonds. The molecule has 0 bridgehead atoms. The number of hydrogen-bond donors (Lipinski definition) is 1. The maximum atomic E-state index is 14.2. The van der Waals surface area contributed by atoms with Crippen molar-refractivity contribution in [3.05, 3.63) is 65.0 Å². The van der Waals surface area contributed by atoms with Crippen LogP contribution in [-0.2, 0) is 35.4 Å². The summed E-state index contributed by atoms with van der Waals surface area (Å²) in [4.78, 5) is 26.9. The molecule has 1 N–H and O–H groups in total. The monoisotopic (exact) mass is 736 g/mol. The van der Waals surface area contributed by atoms with Gasteiger partial charge in [-0.05, 0) is 92.0 Å². The number of benzene rings is 2. The maximum absolute atomic E-state index is 14.2. The Kier molecular flexibility index (Phi) is 10.6. The maximum Gasteiger partial charge on any atom is 0.573 e. The Morgan fingerprint density at radius 1 is 0.961 bits per heavy atom. The van der Waals surface area contributed by atoms with Crippen molar-refractivity contribution in [3.63, 3.8) is 0 Å². The van der Waals surface area contributed by atoms with Gasteiger partial charge in [0.1, 0.15) is 17.0 Å². The van der Waals surface area contributed by atoms with Crippen LogP contribution >= 0.6 is 0 Å². The second-order valence-electron chi connectivity index (χ2n) is 13.1. The minimum atomic E-state index is -5.12. The largest absolute Gasteiger partial charge is 0.573 e. The molecule has 2 heterocycles. The van der Waals surface area contributed by atoms with E-state index in [-0.39, 0.29) is 47.5 Å². The number of nitrogens with zero attached hydrogens (tertiary/aromatic N) is 5. The number of halogens is 9. The number of carbonyl (C=O) groups is 2. The highest BCUT2D eigenvalue weighted by molar-refractivity contribution is 5.97. The molecule has 278 valence electrons. The molecule has 2 aromatic carbocycles. The van der Waals surface area contributed by atoms with Gasteiger partial charge in [0, 0.05) is 36.4 Å². The Bertz CT molecular complexity index is 1700. The third-order valence-electron chi connectivity index (χ3n) is 9.62. The van der Waals surface area contributed by atoms with Crippen molar-refractivity contribution >= 4 is 17.6 Å². The molecule has 51 heavy (non-hydrogen) atoms. The molecule has 0 radical (unpaired) electrons. The van der Waals surface area contributed by atoms with Crippen molar-refractivity contribution in [1.29, 1.82) is 0 Å². The fraction of sp³-hybridized carbons (Fsp3) is 0.545. The minimum absolute atomic E-state index is 0.0103. The average molecular weight is 737 g/mol. The fourth-order valence-corrected chi connectivity index (χ4v) is 7.32. The van der Waals surface area contributed by atoms with Gasteiger partial charge in [-0.15, -0.1) is 17.9 Å². The number of ether oxygens (including phenoxy) is 1. The molecule has 5 rings (SSSR count). The topological polar surface area (TPSA) is 101 Å². The fourth-order valence-electron chi connectivity index (χ4n) is 7.32. The molecule has 18 heteroatoms. The Balaban J connectivity index is 1.61. The standard InChI is InChI=1S/C33H34F9N5O4/c1-3-23-15-25(28(46-17-45(2)43-44-46)12-19-10-21(31(34,35)36)14-22(11-19)32(37,38)39)26-16-24(51-33(40,41)42)8-9-27(26)47(23)30(50)20-6-4-18(5-7-20)13-29(48)49/h8-11,14,16-18,20,23,25,28H,3-7,12-13,15H2,1-2H3/p+1/t18?,20?,23-,25+,28?/m1/s1. The van der Waals surface area contributed by atoms with Crippen LogP contribution in [0.25, 0.3) is 0 Å². The van der Waals surface area contributed by atoms with Crippen LogP contribution in [0, 0.1) is 11.8 Å². The summed E-state index contributed by atoms with van der Waals surface area (Å²) >= 11 is 0. The summed E-state index contributed by atoms with van der Waals surface area (Å²) in [5.74, 6) is -3.40. The Morgan fingerprint density at radius 3 is 2.10 bits per heavy atom. The second kappa shape index (κ2) is 14.3. The number of aliphatic carboxylic acids is 1. The zero-order chi connectivity index (χ0) is 37.5. The molecule has 9 nitrogen and oxygen atoms in total.